The molecule has 3 aliphatic rings. The number of para-hydroxylation sites is 1. The third-order valence-corrected chi connectivity index (χ3v) is 14.9. The minimum Gasteiger partial charge on any atom is -0.375 e. The lowest BCUT2D eigenvalue weighted by atomic mass is 9.45. The maximum Gasteiger partial charge on any atom is 0.333 e. The number of nitrogens with zero attached hydrogens (tertiary/aromatic N) is 3. The highest BCUT2D eigenvalue weighted by Gasteiger charge is 2.43. The number of hydrogen-bond donors (Lipinski definition) is 0. The van der Waals surface area contributed by atoms with Crippen LogP contribution in [0.3, 0.4) is 0 Å². The van der Waals surface area contributed by atoms with Gasteiger partial charge in [0.2, 0.25) is 0 Å². The fourth-order valence-corrected chi connectivity index (χ4v) is 12.1. The van der Waals surface area contributed by atoms with Gasteiger partial charge in [-0.1, -0.05) is 145 Å². The molecule has 12 aromatic rings. The summed E-state index contributed by atoms with van der Waals surface area (Å²) < 4.78 is 5.40. The topological polar surface area (TPSA) is 12.6 Å². The van der Waals surface area contributed by atoms with E-state index in [0.29, 0.717) is 0 Å². The van der Waals surface area contributed by atoms with Crippen LogP contribution in [0, 0.1) is 0 Å². The van der Waals surface area contributed by atoms with Crippen LogP contribution in [-0.4, -0.2) is 23.6 Å². The molecule has 0 bridgehead atoms. The van der Waals surface area contributed by atoms with Crippen LogP contribution in [0.5, 0.6) is 0 Å². The Morgan fingerprint density at radius 2 is 1.22 bits per heavy atom. The summed E-state index contributed by atoms with van der Waals surface area (Å²) in [5.41, 5.74) is 22.5. The average molecular weight is 810 g/mol. The fraction of sp³-hybridized carbons (Fsp3) is 0.0508. The summed E-state index contributed by atoms with van der Waals surface area (Å²) in [5, 5.41) is 10.4. The summed E-state index contributed by atoms with van der Waals surface area (Å²) in [4.78, 5) is 2.56. The number of allylic oxidation sites excluding steroid dienone is 4. The fourth-order valence-electron chi connectivity index (χ4n) is 12.1. The molecule has 0 amide bonds. The van der Waals surface area contributed by atoms with Crippen molar-refractivity contribution >= 4 is 113 Å². The van der Waals surface area contributed by atoms with Gasteiger partial charge < -0.3 is 13.8 Å². The molecule has 15 rings (SSSR count). The molecule has 0 saturated carbocycles. The molecule has 5 heteroatoms. The number of aromatic nitrogens is 2. The summed E-state index contributed by atoms with van der Waals surface area (Å²) in [6.45, 7) is 2.18. The molecule has 0 unspecified atom stereocenters. The van der Waals surface area contributed by atoms with E-state index in [1.54, 1.807) is 0 Å². The molecule has 3 nitrogen and oxygen atoms in total. The molecular formula is C59H37B2N3. The van der Waals surface area contributed by atoms with Crippen molar-refractivity contribution in [3.05, 3.63) is 193 Å². The summed E-state index contributed by atoms with van der Waals surface area (Å²) in [6, 6.07) is 63.6. The molecule has 3 aromatic heterocycles. The van der Waals surface area contributed by atoms with Crippen LogP contribution in [0.2, 0.25) is 0 Å². The van der Waals surface area contributed by atoms with Gasteiger partial charge in [-0.15, -0.1) is 0 Å². The first-order valence-electron chi connectivity index (χ1n) is 22.5. The molecule has 0 spiro atoms. The lowest BCUT2D eigenvalue weighted by Gasteiger charge is -2.35. The Balaban J connectivity index is 1.19. The number of benzene rings is 9. The van der Waals surface area contributed by atoms with Gasteiger partial charge in [-0.05, 0) is 118 Å². The highest BCUT2D eigenvalue weighted by atomic mass is 15.2. The van der Waals surface area contributed by atoms with Crippen LogP contribution >= 0.6 is 0 Å². The molecule has 9 aromatic carbocycles. The van der Waals surface area contributed by atoms with Crippen LogP contribution in [0.25, 0.3) is 104 Å². The van der Waals surface area contributed by atoms with Crippen molar-refractivity contribution in [3.63, 3.8) is 0 Å². The van der Waals surface area contributed by atoms with Crippen molar-refractivity contribution in [2.75, 3.05) is 4.90 Å². The Labute approximate surface area is 371 Å². The molecule has 5 heterocycles. The average Bonchev–Trinajstić information content (AvgIpc) is 4.00. The minimum atomic E-state index is -0.0658. The molecule has 0 saturated heterocycles. The lowest BCUT2D eigenvalue weighted by molar-refractivity contribution is 0.876. The minimum absolute atomic E-state index is 0.0658. The third kappa shape index (κ3) is 4.43. The molecule has 2 radical (unpaired) electrons. The van der Waals surface area contributed by atoms with E-state index in [9.17, 15) is 0 Å². The van der Waals surface area contributed by atoms with Gasteiger partial charge in [0.15, 0.2) is 0 Å². The summed E-state index contributed by atoms with van der Waals surface area (Å²) in [6.07, 6.45) is 6.63. The van der Waals surface area contributed by atoms with Crippen LogP contribution in [0.4, 0.5) is 11.4 Å². The summed E-state index contributed by atoms with van der Waals surface area (Å²) in [5.74, 6) is 0. The molecule has 1 aliphatic carbocycles. The second-order valence-corrected chi connectivity index (χ2v) is 18.3. The zero-order valence-electron chi connectivity index (χ0n) is 35.2. The molecule has 2 aliphatic heterocycles. The highest BCUT2D eigenvalue weighted by Crippen LogP contribution is 2.52. The van der Waals surface area contributed by atoms with Gasteiger partial charge in [0.05, 0.1) is 22.2 Å². The first kappa shape index (κ1) is 34.8. The molecular weight excluding hydrogens is 772 g/mol. The van der Waals surface area contributed by atoms with Crippen molar-refractivity contribution in [2.24, 2.45) is 0 Å². The van der Waals surface area contributed by atoms with E-state index in [0.717, 1.165) is 24.0 Å². The van der Waals surface area contributed by atoms with Crippen LogP contribution < -0.4 is 21.3 Å². The molecule has 0 atom stereocenters. The predicted octanol–water partition coefficient (Wildman–Crippen LogP) is 12.9. The highest BCUT2D eigenvalue weighted by molar-refractivity contribution is 6.91. The van der Waals surface area contributed by atoms with Crippen LogP contribution in [0.1, 0.15) is 19.8 Å². The molecule has 0 fully saturated rings. The van der Waals surface area contributed by atoms with E-state index >= 15 is 0 Å². The van der Waals surface area contributed by atoms with Gasteiger partial charge in [-0.2, -0.15) is 0 Å². The standard InChI is InChI=1S/C59H37B2N3/c1-34-19-24-41(25-20-34)62(42-26-22-40(60)23-27-42)52-33-46-44-17-10-18-45-53-43-16-9-8-15-37(43)21-28-51(53)64(57(44)45)61-50-32-39(36-13-6-3-7-14-36)30-48-47-29-38(35-11-4-2-5-12-35)31-49-54(52)59(55(46)61)63(56(47)49)58(48)50/h2-19,21-24,26-33H,20,25H2,1H3. The second-order valence-electron chi connectivity index (χ2n) is 18.3. The first-order chi connectivity index (χ1) is 31.6. The maximum absolute atomic E-state index is 6.42. The van der Waals surface area contributed by atoms with Gasteiger partial charge in [0.1, 0.15) is 7.85 Å². The van der Waals surface area contributed by atoms with Crippen molar-refractivity contribution < 1.29 is 0 Å². The van der Waals surface area contributed by atoms with E-state index in [4.69, 9.17) is 7.85 Å². The van der Waals surface area contributed by atoms with Crippen molar-refractivity contribution in [1.29, 1.82) is 0 Å². The SMILES string of the molecule is [B]c1ccc(N(C2=CC=C(C)CC2)c2cc3c4c5c2c2cc(-c6ccccc6)cc6c7cc(-c8ccccc8)cc(c7n5c62)B4n2c4ccc5ccccc5c4c4cccc-3c42)cc1. The number of anilines is 2. The van der Waals surface area contributed by atoms with Crippen molar-refractivity contribution in [3.8, 4) is 33.4 Å². The van der Waals surface area contributed by atoms with Gasteiger partial charge in [-0.3, -0.25) is 0 Å². The normalized spacial score (nSPS) is 14.1. The number of hydrogen-bond acceptors (Lipinski definition) is 1. The quantitative estimate of drug-likeness (QED) is 0.158. The zero-order valence-corrected chi connectivity index (χ0v) is 35.2. The Hall–Kier alpha value is -7.75. The van der Waals surface area contributed by atoms with E-state index in [1.807, 2.05) is 0 Å². The summed E-state index contributed by atoms with van der Waals surface area (Å²) >= 11 is 0. The van der Waals surface area contributed by atoms with Crippen LogP contribution in [0.15, 0.2) is 193 Å². The second kappa shape index (κ2) is 12.5. The smallest absolute Gasteiger partial charge is 0.333 e. The van der Waals surface area contributed by atoms with E-state index in [-0.39, 0.29) is 6.85 Å². The molecule has 64 heavy (non-hydrogen) atoms. The summed E-state index contributed by atoms with van der Waals surface area (Å²) in [7, 11) is 6.42. The predicted molar refractivity (Wildman–Crippen MR) is 273 cm³/mol. The molecule has 294 valence electrons. The largest absolute Gasteiger partial charge is 0.375 e. The number of rotatable bonds is 5. The Morgan fingerprint density at radius 1 is 0.516 bits per heavy atom. The first-order valence-corrected chi connectivity index (χ1v) is 22.5. The Kier molecular flexibility index (Phi) is 6.77. The van der Waals surface area contributed by atoms with Crippen molar-refractivity contribution in [2.45, 2.75) is 19.8 Å². The molecule has 0 N–H and O–H groups in total. The maximum atomic E-state index is 6.42. The van der Waals surface area contributed by atoms with Gasteiger partial charge >= 0.3 is 6.85 Å². The van der Waals surface area contributed by atoms with Gasteiger partial charge in [0.25, 0.3) is 0 Å². The van der Waals surface area contributed by atoms with Gasteiger partial charge in [-0.25, -0.2) is 0 Å². The van der Waals surface area contributed by atoms with E-state index in [1.165, 1.54) is 132 Å². The van der Waals surface area contributed by atoms with Crippen molar-refractivity contribution in [1.82, 2.24) is 8.88 Å². The Bertz CT molecular complexity index is 4080. The Morgan fingerprint density at radius 3 is 1.98 bits per heavy atom. The lowest BCUT2D eigenvalue weighted by Crippen LogP contribution is -2.54. The zero-order chi connectivity index (χ0) is 41.9. The van der Waals surface area contributed by atoms with Gasteiger partial charge in [0, 0.05) is 60.3 Å². The van der Waals surface area contributed by atoms with Crippen LogP contribution in [-0.2, 0) is 0 Å². The van der Waals surface area contributed by atoms with E-state index in [2.05, 4.69) is 203 Å². The monoisotopic (exact) mass is 809 g/mol. The number of fused-ring (bicyclic) bond motifs is 10. The third-order valence-electron chi connectivity index (χ3n) is 14.9. The van der Waals surface area contributed by atoms with E-state index < -0.39 is 0 Å².